The first-order chi connectivity index (χ1) is 12.6. The zero-order valence-corrected chi connectivity index (χ0v) is 15.9. The number of rotatable bonds is 9. The van der Waals surface area contributed by atoms with Crippen molar-refractivity contribution in [3.8, 4) is 11.5 Å². The summed E-state index contributed by atoms with van der Waals surface area (Å²) >= 11 is 0. The van der Waals surface area contributed by atoms with Gasteiger partial charge in [-0.1, -0.05) is 6.07 Å². The van der Waals surface area contributed by atoms with Crippen LogP contribution in [0.15, 0.2) is 23.2 Å². The molecule has 0 aliphatic carbocycles. The number of aliphatic hydroxyl groups is 1. The minimum absolute atomic E-state index is 0.116. The van der Waals surface area contributed by atoms with Crippen molar-refractivity contribution in [2.24, 2.45) is 10.7 Å². The lowest BCUT2D eigenvalue weighted by Gasteiger charge is -2.29. The van der Waals surface area contributed by atoms with Crippen molar-refractivity contribution in [2.45, 2.75) is 31.8 Å². The highest BCUT2D eigenvalue weighted by molar-refractivity contribution is 5.77. The zero-order valence-electron chi connectivity index (χ0n) is 15.9. The van der Waals surface area contributed by atoms with Crippen molar-refractivity contribution in [1.29, 1.82) is 0 Å². The van der Waals surface area contributed by atoms with Crippen molar-refractivity contribution in [3.05, 3.63) is 23.8 Å². The summed E-state index contributed by atoms with van der Waals surface area (Å²) in [6.45, 7) is 4.39. The van der Waals surface area contributed by atoms with Gasteiger partial charge in [-0.2, -0.15) is 0 Å². The predicted octanol–water partition coefficient (Wildman–Crippen LogP) is 0.997. The number of nitrogens with zero attached hydrogens (tertiary/aromatic N) is 2. The molecule has 146 valence electrons. The second kappa shape index (κ2) is 10.9. The van der Waals surface area contributed by atoms with Gasteiger partial charge in [0.1, 0.15) is 0 Å². The molecule has 0 aromatic heterocycles. The Bertz CT molecular complexity index is 572. The fraction of sp³-hybridized carbons (Fsp3) is 0.632. The molecular weight excluding hydrogens is 332 g/mol. The Morgan fingerprint density at radius 2 is 2.00 bits per heavy atom. The van der Waals surface area contributed by atoms with E-state index in [-0.39, 0.29) is 6.10 Å². The van der Waals surface area contributed by atoms with Gasteiger partial charge in [-0.25, -0.2) is 0 Å². The fourth-order valence-electron chi connectivity index (χ4n) is 3.06. The van der Waals surface area contributed by atoms with Crippen LogP contribution in [0.25, 0.3) is 0 Å². The molecule has 7 heteroatoms. The lowest BCUT2D eigenvalue weighted by Crippen LogP contribution is -2.37. The number of piperidine rings is 1. The van der Waals surface area contributed by atoms with E-state index in [1.807, 2.05) is 18.2 Å². The van der Waals surface area contributed by atoms with Crippen LogP contribution in [0.1, 0.15) is 24.8 Å². The zero-order chi connectivity index (χ0) is 18.8. The van der Waals surface area contributed by atoms with E-state index in [1.165, 1.54) is 0 Å². The van der Waals surface area contributed by atoms with Crippen LogP contribution in [0.2, 0.25) is 0 Å². The van der Waals surface area contributed by atoms with E-state index in [4.69, 9.17) is 15.2 Å². The first-order valence-electron chi connectivity index (χ1n) is 9.27. The molecule has 1 saturated heterocycles. The summed E-state index contributed by atoms with van der Waals surface area (Å²) in [4.78, 5) is 6.76. The van der Waals surface area contributed by atoms with Gasteiger partial charge in [0.05, 0.1) is 20.3 Å². The van der Waals surface area contributed by atoms with Crippen LogP contribution in [0.3, 0.4) is 0 Å². The van der Waals surface area contributed by atoms with Gasteiger partial charge in [0.15, 0.2) is 17.5 Å². The number of nitrogens with one attached hydrogen (secondary N) is 1. The average molecular weight is 364 g/mol. The van der Waals surface area contributed by atoms with E-state index in [0.717, 1.165) is 68.9 Å². The molecule has 0 bridgehead atoms. The Morgan fingerprint density at radius 3 is 2.69 bits per heavy atom. The molecule has 1 aliphatic rings. The molecule has 0 amide bonds. The van der Waals surface area contributed by atoms with E-state index < -0.39 is 0 Å². The lowest BCUT2D eigenvalue weighted by molar-refractivity contribution is 0.0824. The number of hydrogen-bond acceptors (Lipinski definition) is 5. The SMILES string of the molecule is COc1ccc(CCNC(N)=NCCCN2CCC(O)CC2)cc1OC. The van der Waals surface area contributed by atoms with Crippen LogP contribution in [-0.4, -0.2) is 69.0 Å². The monoisotopic (exact) mass is 364 g/mol. The molecule has 7 nitrogen and oxygen atoms in total. The predicted molar refractivity (Wildman–Crippen MR) is 104 cm³/mol. The van der Waals surface area contributed by atoms with E-state index in [2.05, 4.69) is 15.2 Å². The van der Waals surface area contributed by atoms with Gasteiger partial charge in [-0.05, 0) is 49.9 Å². The van der Waals surface area contributed by atoms with Crippen molar-refractivity contribution in [1.82, 2.24) is 10.2 Å². The smallest absolute Gasteiger partial charge is 0.188 e. The summed E-state index contributed by atoms with van der Waals surface area (Å²) in [5, 5.41) is 12.7. The van der Waals surface area contributed by atoms with E-state index in [0.29, 0.717) is 12.5 Å². The quantitative estimate of drug-likeness (QED) is 0.344. The maximum Gasteiger partial charge on any atom is 0.188 e. The largest absolute Gasteiger partial charge is 0.493 e. The molecule has 4 N–H and O–H groups in total. The van der Waals surface area contributed by atoms with Gasteiger partial charge in [-0.3, -0.25) is 4.99 Å². The molecule has 1 aromatic rings. The van der Waals surface area contributed by atoms with Gasteiger partial charge in [0.25, 0.3) is 0 Å². The first-order valence-corrected chi connectivity index (χ1v) is 9.27. The normalized spacial score (nSPS) is 16.5. The number of guanidine groups is 1. The lowest BCUT2D eigenvalue weighted by atomic mass is 10.1. The summed E-state index contributed by atoms with van der Waals surface area (Å²) < 4.78 is 10.6. The van der Waals surface area contributed by atoms with E-state index in [1.54, 1.807) is 14.2 Å². The molecular formula is C19H32N4O3. The van der Waals surface area contributed by atoms with Crippen molar-refractivity contribution in [2.75, 3.05) is 46.9 Å². The molecule has 1 aliphatic heterocycles. The molecule has 1 heterocycles. The number of nitrogens with two attached hydrogens (primary N) is 1. The fourth-order valence-corrected chi connectivity index (χ4v) is 3.06. The second-order valence-electron chi connectivity index (χ2n) is 6.56. The highest BCUT2D eigenvalue weighted by Crippen LogP contribution is 2.27. The number of aliphatic hydroxyl groups excluding tert-OH is 1. The Labute approximate surface area is 156 Å². The molecule has 26 heavy (non-hydrogen) atoms. The Kier molecular flexibility index (Phi) is 8.50. The van der Waals surface area contributed by atoms with Crippen LogP contribution < -0.4 is 20.5 Å². The molecule has 0 saturated carbocycles. The van der Waals surface area contributed by atoms with Crippen LogP contribution >= 0.6 is 0 Å². The van der Waals surface area contributed by atoms with Crippen molar-refractivity contribution < 1.29 is 14.6 Å². The van der Waals surface area contributed by atoms with E-state index >= 15 is 0 Å². The Balaban J connectivity index is 1.63. The highest BCUT2D eigenvalue weighted by Gasteiger charge is 2.15. The maximum atomic E-state index is 9.51. The maximum absolute atomic E-state index is 9.51. The molecule has 1 aromatic carbocycles. The molecule has 0 spiro atoms. The standard InChI is InChI=1S/C19H32N4O3/c1-25-17-5-4-15(14-18(17)26-2)6-10-22-19(20)21-9-3-11-23-12-7-16(24)8-13-23/h4-5,14,16,24H,3,6-13H2,1-2H3,(H3,20,21,22). The van der Waals surface area contributed by atoms with E-state index in [9.17, 15) is 5.11 Å². The number of methoxy groups -OCH3 is 2. The Hall–Kier alpha value is -1.99. The highest BCUT2D eigenvalue weighted by atomic mass is 16.5. The summed E-state index contributed by atoms with van der Waals surface area (Å²) in [6, 6.07) is 5.90. The van der Waals surface area contributed by atoms with Gasteiger partial charge in [0, 0.05) is 26.2 Å². The second-order valence-corrected chi connectivity index (χ2v) is 6.56. The number of ether oxygens (including phenoxy) is 2. The van der Waals surface area contributed by atoms with Gasteiger partial charge in [0.2, 0.25) is 0 Å². The molecule has 0 atom stereocenters. The summed E-state index contributed by atoms with van der Waals surface area (Å²) in [5.41, 5.74) is 7.07. The number of likely N-dealkylation sites (tertiary alicyclic amines) is 1. The average Bonchev–Trinajstić information content (AvgIpc) is 2.66. The van der Waals surface area contributed by atoms with Crippen LogP contribution in [-0.2, 0) is 6.42 Å². The van der Waals surface area contributed by atoms with Crippen LogP contribution in [0.4, 0.5) is 0 Å². The third kappa shape index (κ3) is 6.72. The summed E-state index contributed by atoms with van der Waals surface area (Å²) in [7, 11) is 3.27. The van der Waals surface area contributed by atoms with Crippen molar-refractivity contribution in [3.63, 3.8) is 0 Å². The summed E-state index contributed by atoms with van der Waals surface area (Å²) in [5.74, 6) is 1.95. The van der Waals surface area contributed by atoms with Crippen molar-refractivity contribution >= 4 is 5.96 Å². The number of benzene rings is 1. The summed E-state index contributed by atoms with van der Waals surface area (Å²) in [6.07, 6.45) is 3.45. The number of hydrogen-bond donors (Lipinski definition) is 3. The van der Waals surface area contributed by atoms with Gasteiger partial charge >= 0.3 is 0 Å². The minimum Gasteiger partial charge on any atom is -0.493 e. The first kappa shape index (κ1) is 20.3. The van der Waals surface area contributed by atoms with Gasteiger partial charge < -0.3 is 30.5 Å². The molecule has 2 rings (SSSR count). The third-order valence-electron chi connectivity index (χ3n) is 4.64. The minimum atomic E-state index is -0.116. The molecule has 0 unspecified atom stereocenters. The van der Waals surface area contributed by atoms with Crippen LogP contribution in [0.5, 0.6) is 11.5 Å². The Morgan fingerprint density at radius 1 is 1.27 bits per heavy atom. The molecule has 0 radical (unpaired) electrons. The number of aliphatic imine (C=N–C) groups is 1. The van der Waals surface area contributed by atoms with Crippen LogP contribution in [0, 0.1) is 0 Å². The topological polar surface area (TPSA) is 92.3 Å². The molecule has 1 fully saturated rings. The third-order valence-corrected chi connectivity index (χ3v) is 4.64. The van der Waals surface area contributed by atoms with Gasteiger partial charge in [-0.15, -0.1) is 0 Å².